The highest BCUT2D eigenvalue weighted by molar-refractivity contribution is 7.89. The Bertz CT molecular complexity index is 879. The summed E-state index contributed by atoms with van der Waals surface area (Å²) in [4.78, 5) is 16.7. The Kier molecular flexibility index (Phi) is 7.69. The van der Waals surface area contributed by atoms with Crippen molar-refractivity contribution in [3.05, 3.63) is 48.0 Å². The molecule has 1 N–H and O–H groups in total. The van der Waals surface area contributed by atoms with E-state index in [0.29, 0.717) is 11.6 Å². The molecule has 0 saturated heterocycles. The van der Waals surface area contributed by atoms with Gasteiger partial charge in [0.2, 0.25) is 15.9 Å². The first-order valence-corrected chi connectivity index (χ1v) is 11.8. The van der Waals surface area contributed by atoms with E-state index in [0.717, 1.165) is 45.1 Å². The third-order valence-electron chi connectivity index (χ3n) is 5.18. The fourth-order valence-electron chi connectivity index (χ4n) is 3.63. The van der Waals surface area contributed by atoms with E-state index in [1.165, 1.54) is 16.4 Å². The van der Waals surface area contributed by atoms with Crippen molar-refractivity contribution in [1.29, 1.82) is 0 Å². The van der Waals surface area contributed by atoms with Crippen LogP contribution < -0.4 is 5.32 Å². The van der Waals surface area contributed by atoms with E-state index in [4.69, 9.17) is 11.6 Å². The number of sulfonamides is 1. The zero-order chi connectivity index (χ0) is 20.7. The van der Waals surface area contributed by atoms with Crippen molar-refractivity contribution in [2.45, 2.75) is 56.0 Å². The van der Waals surface area contributed by atoms with E-state index in [1.54, 1.807) is 24.7 Å². The molecule has 1 saturated carbocycles. The molecular weight excluding hydrogens is 412 g/mol. The van der Waals surface area contributed by atoms with E-state index in [2.05, 4.69) is 10.3 Å². The minimum Gasteiger partial charge on any atom is -0.355 e. The van der Waals surface area contributed by atoms with Gasteiger partial charge in [0.05, 0.1) is 17.8 Å². The second-order valence-corrected chi connectivity index (χ2v) is 9.63. The molecule has 0 radical (unpaired) electrons. The first kappa shape index (κ1) is 21.8. The van der Waals surface area contributed by atoms with Crippen LogP contribution in [-0.2, 0) is 21.4 Å². The SMILES string of the molecule is O=C(CN(C1CCCCC1)S(=O)(=O)c1ccc(Cl)cc1)NCCCn1ccnc1. The minimum absolute atomic E-state index is 0.152. The van der Waals surface area contributed by atoms with Crippen LogP contribution in [0, 0.1) is 0 Å². The van der Waals surface area contributed by atoms with Gasteiger partial charge in [0.25, 0.3) is 0 Å². The van der Waals surface area contributed by atoms with Crippen LogP contribution >= 0.6 is 11.6 Å². The molecule has 2 aromatic rings. The van der Waals surface area contributed by atoms with Crippen LogP contribution in [0.5, 0.6) is 0 Å². The molecule has 0 unspecified atom stereocenters. The van der Waals surface area contributed by atoms with Crippen LogP contribution in [0.4, 0.5) is 0 Å². The van der Waals surface area contributed by atoms with Gasteiger partial charge in [-0.2, -0.15) is 4.31 Å². The van der Waals surface area contributed by atoms with Gasteiger partial charge in [-0.3, -0.25) is 4.79 Å². The molecule has 1 aromatic heterocycles. The number of carbonyl (C=O) groups excluding carboxylic acids is 1. The summed E-state index contributed by atoms with van der Waals surface area (Å²) in [5, 5.41) is 3.32. The summed E-state index contributed by atoms with van der Waals surface area (Å²) in [5.41, 5.74) is 0. The lowest BCUT2D eigenvalue weighted by Crippen LogP contribution is -2.47. The van der Waals surface area contributed by atoms with Crippen molar-refractivity contribution in [1.82, 2.24) is 19.2 Å². The van der Waals surface area contributed by atoms with Crippen molar-refractivity contribution in [3.8, 4) is 0 Å². The Balaban J connectivity index is 1.64. The topological polar surface area (TPSA) is 84.3 Å². The number of halogens is 1. The molecule has 3 rings (SSSR count). The van der Waals surface area contributed by atoms with Gasteiger partial charge in [-0.25, -0.2) is 13.4 Å². The minimum atomic E-state index is -3.78. The summed E-state index contributed by atoms with van der Waals surface area (Å²) in [6, 6.07) is 5.96. The Morgan fingerprint density at radius 2 is 1.93 bits per heavy atom. The van der Waals surface area contributed by atoms with Crippen molar-refractivity contribution in [2.75, 3.05) is 13.1 Å². The Morgan fingerprint density at radius 1 is 1.21 bits per heavy atom. The first-order valence-electron chi connectivity index (χ1n) is 9.96. The number of benzene rings is 1. The number of hydrogen-bond donors (Lipinski definition) is 1. The zero-order valence-corrected chi connectivity index (χ0v) is 17.9. The zero-order valence-electron chi connectivity index (χ0n) is 16.3. The second kappa shape index (κ2) is 10.2. The smallest absolute Gasteiger partial charge is 0.243 e. The van der Waals surface area contributed by atoms with Crippen molar-refractivity contribution < 1.29 is 13.2 Å². The van der Waals surface area contributed by atoms with Gasteiger partial charge in [-0.15, -0.1) is 0 Å². The highest BCUT2D eigenvalue weighted by Crippen LogP contribution is 2.28. The summed E-state index contributed by atoms with van der Waals surface area (Å²) in [6.07, 6.45) is 10.7. The van der Waals surface area contributed by atoms with E-state index >= 15 is 0 Å². The van der Waals surface area contributed by atoms with Crippen LogP contribution in [0.15, 0.2) is 47.9 Å². The largest absolute Gasteiger partial charge is 0.355 e. The summed E-state index contributed by atoms with van der Waals surface area (Å²) >= 11 is 5.90. The molecule has 158 valence electrons. The third-order valence-corrected chi connectivity index (χ3v) is 7.34. The average molecular weight is 439 g/mol. The number of hydrogen-bond acceptors (Lipinski definition) is 4. The lowest BCUT2D eigenvalue weighted by Gasteiger charge is -2.33. The second-order valence-electron chi connectivity index (χ2n) is 7.30. The molecule has 0 bridgehead atoms. The molecular formula is C20H27ClN4O3S. The first-order chi connectivity index (χ1) is 14.0. The standard InChI is InChI=1S/C20H27ClN4O3S/c21-17-7-9-19(10-8-17)29(27,28)25(18-5-2-1-3-6-18)15-20(26)23-11-4-13-24-14-12-22-16-24/h7-10,12,14,16,18H,1-6,11,13,15H2,(H,23,26). The molecule has 1 heterocycles. The van der Waals surface area contributed by atoms with Crippen LogP contribution in [0.25, 0.3) is 0 Å². The number of rotatable bonds is 9. The molecule has 1 aliphatic carbocycles. The number of carbonyl (C=O) groups is 1. The van der Waals surface area contributed by atoms with Gasteiger partial charge < -0.3 is 9.88 Å². The molecule has 0 atom stereocenters. The van der Waals surface area contributed by atoms with Crippen LogP contribution in [-0.4, -0.2) is 47.3 Å². The highest BCUT2D eigenvalue weighted by Gasteiger charge is 2.33. The predicted molar refractivity (Wildman–Crippen MR) is 112 cm³/mol. The average Bonchev–Trinajstić information content (AvgIpc) is 3.24. The fraction of sp³-hybridized carbons (Fsp3) is 0.500. The monoisotopic (exact) mass is 438 g/mol. The van der Waals surface area contributed by atoms with Crippen LogP contribution in [0.1, 0.15) is 38.5 Å². The lowest BCUT2D eigenvalue weighted by molar-refractivity contribution is -0.121. The van der Waals surface area contributed by atoms with Gasteiger partial charge in [-0.1, -0.05) is 30.9 Å². The fourth-order valence-corrected chi connectivity index (χ4v) is 5.39. The molecule has 9 heteroatoms. The Morgan fingerprint density at radius 3 is 2.59 bits per heavy atom. The predicted octanol–water partition coefficient (Wildman–Crippen LogP) is 3.07. The number of nitrogens with zero attached hydrogens (tertiary/aromatic N) is 3. The van der Waals surface area contributed by atoms with Crippen molar-refractivity contribution in [3.63, 3.8) is 0 Å². The molecule has 29 heavy (non-hydrogen) atoms. The van der Waals surface area contributed by atoms with Crippen molar-refractivity contribution >= 4 is 27.5 Å². The maximum Gasteiger partial charge on any atom is 0.243 e. The molecule has 1 aromatic carbocycles. The van der Waals surface area contributed by atoms with Gasteiger partial charge in [-0.05, 0) is 43.5 Å². The molecule has 7 nitrogen and oxygen atoms in total. The molecule has 1 aliphatic rings. The highest BCUT2D eigenvalue weighted by atomic mass is 35.5. The van der Waals surface area contributed by atoms with Gasteiger partial charge in [0, 0.05) is 36.5 Å². The van der Waals surface area contributed by atoms with E-state index in [1.807, 2.05) is 10.8 Å². The van der Waals surface area contributed by atoms with Gasteiger partial charge in [0.1, 0.15) is 0 Å². The van der Waals surface area contributed by atoms with E-state index in [-0.39, 0.29) is 23.4 Å². The van der Waals surface area contributed by atoms with Gasteiger partial charge in [0.15, 0.2) is 0 Å². The quantitative estimate of drug-likeness (QED) is 0.610. The molecule has 1 amide bonds. The van der Waals surface area contributed by atoms with Crippen molar-refractivity contribution in [2.24, 2.45) is 0 Å². The number of amides is 1. The molecule has 1 fully saturated rings. The van der Waals surface area contributed by atoms with Crippen LogP contribution in [0.3, 0.4) is 0 Å². The molecule has 0 aliphatic heterocycles. The lowest BCUT2D eigenvalue weighted by atomic mass is 9.95. The Labute approximate surface area is 177 Å². The third kappa shape index (κ3) is 6.04. The summed E-state index contributed by atoms with van der Waals surface area (Å²) in [5.74, 6) is -0.279. The summed E-state index contributed by atoms with van der Waals surface area (Å²) in [7, 11) is -3.78. The number of aryl methyl sites for hydroxylation is 1. The maximum absolute atomic E-state index is 13.3. The number of nitrogens with one attached hydrogen (secondary N) is 1. The van der Waals surface area contributed by atoms with Crippen LogP contribution in [0.2, 0.25) is 5.02 Å². The summed E-state index contributed by atoms with van der Waals surface area (Å²) < 4.78 is 29.8. The number of aromatic nitrogens is 2. The van der Waals surface area contributed by atoms with Gasteiger partial charge >= 0.3 is 0 Å². The Hall–Kier alpha value is -1.90. The normalized spacial score (nSPS) is 15.5. The maximum atomic E-state index is 13.3. The molecule has 0 spiro atoms. The number of imidazole rings is 1. The van der Waals surface area contributed by atoms with E-state index < -0.39 is 10.0 Å². The van der Waals surface area contributed by atoms with E-state index in [9.17, 15) is 13.2 Å². The summed E-state index contributed by atoms with van der Waals surface area (Å²) in [6.45, 7) is 1.06.